The number of rotatable bonds is 6. The molecule has 3 aromatic rings. The van der Waals surface area contributed by atoms with E-state index in [2.05, 4.69) is 11.1 Å². The topological polar surface area (TPSA) is 50.3 Å². The zero-order valence-electron chi connectivity index (χ0n) is 15.7. The van der Waals surface area contributed by atoms with E-state index in [-0.39, 0.29) is 5.91 Å². The molecule has 5 nitrogen and oxygen atoms in total. The number of aryl methyl sites for hydroxylation is 2. The van der Waals surface area contributed by atoms with E-state index in [4.69, 9.17) is 17.0 Å². The van der Waals surface area contributed by atoms with Crippen LogP contribution in [0.3, 0.4) is 0 Å². The Hall–Kier alpha value is -2.86. The lowest BCUT2D eigenvalue weighted by Crippen LogP contribution is -2.32. The zero-order valence-corrected chi connectivity index (χ0v) is 16.5. The van der Waals surface area contributed by atoms with Crippen molar-refractivity contribution >= 4 is 18.1 Å². The van der Waals surface area contributed by atoms with E-state index in [1.165, 1.54) is 0 Å². The minimum atomic E-state index is -0.116. The number of aromatic nitrogens is 2. The molecule has 0 fully saturated rings. The molecule has 2 aromatic carbocycles. The van der Waals surface area contributed by atoms with Gasteiger partial charge in [0.25, 0.3) is 5.91 Å². The summed E-state index contributed by atoms with van der Waals surface area (Å²) in [7, 11) is 1.76. The van der Waals surface area contributed by atoms with E-state index >= 15 is 0 Å². The molecule has 1 heterocycles. The van der Waals surface area contributed by atoms with Crippen LogP contribution < -0.4 is 4.74 Å². The molecule has 0 aliphatic heterocycles. The third-order valence-electron chi connectivity index (χ3n) is 4.25. The van der Waals surface area contributed by atoms with E-state index in [0.717, 1.165) is 22.6 Å². The van der Waals surface area contributed by atoms with Crippen LogP contribution >= 0.6 is 12.2 Å². The van der Waals surface area contributed by atoms with Crippen LogP contribution in [0, 0.1) is 18.6 Å². The van der Waals surface area contributed by atoms with Crippen molar-refractivity contribution in [2.45, 2.75) is 13.8 Å². The Morgan fingerprint density at radius 2 is 1.81 bits per heavy atom. The first-order valence-corrected chi connectivity index (χ1v) is 9.19. The molecular formula is C21H23N3O2S. The molecule has 0 bridgehead atoms. The quantitative estimate of drug-likeness (QED) is 0.648. The summed E-state index contributed by atoms with van der Waals surface area (Å²) in [6.45, 7) is 4.96. The van der Waals surface area contributed by atoms with Gasteiger partial charge in [0, 0.05) is 18.9 Å². The Morgan fingerprint density at radius 1 is 1.15 bits per heavy atom. The van der Waals surface area contributed by atoms with Crippen molar-refractivity contribution in [3.8, 4) is 11.4 Å². The maximum absolute atomic E-state index is 12.9. The minimum Gasteiger partial charge on any atom is -0.492 e. The number of para-hydroxylation sites is 1. The van der Waals surface area contributed by atoms with Crippen molar-refractivity contribution in [1.82, 2.24) is 14.5 Å². The standard InChI is InChI=1S/C21H23N3O2S/c1-15-11-16(2)13-18(12-15)26-10-9-23(3)20(25)19-14-22-21(27)24(19)17-7-5-4-6-8-17/h4-8,11-14H,9-10H2,1-3H3,(H,22,27). The van der Waals surface area contributed by atoms with Crippen LogP contribution in [0.1, 0.15) is 21.6 Å². The molecule has 0 unspecified atom stereocenters. The predicted octanol–water partition coefficient (Wildman–Crippen LogP) is 4.30. The Bertz CT molecular complexity index is 972. The summed E-state index contributed by atoms with van der Waals surface area (Å²) in [5.74, 6) is 0.706. The summed E-state index contributed by atoms with van der Waals surface area (Å²) in [6, 6.07) is 15.7. The molecule has 0 aliphatic carbocycles. The van der Waals surface area contributed by atoms with E-state index in [1.807, 2.05) is 56.3 Å². The molecule has 0 saturated carbocycles. The molecule has 140 valence electrons. The van der Waals surface area contributed by atoms with Gasteiger partial charge in [0.1, 0.15) is 18.1 Å². The molecule has 0 aliphatic rings. The van der Waals surface area contributed by atoms with Crippen molar-refractivity contribution < 1.29 is 9.53 Å². The number of hydrogen-bond donors (Lipinski definition) is 1. The Kier molecular flexibility index (Phi) is 5.76. The van der Waals surface area contributed by atoms with Crippen molar-refractivity contribution in [1.29, 1.82) is 0 Å². The summed E-state index contributed by atoms with van der Waals surface area (Å²) < 4.78 is 8.05. The SMILES string of the molecule is Cc1cc(C)cc(OCCN(C)C(=O)c2c[nH]c(=S)n2-c2ccccc2)c1. The van der Waals surface area contributed by atoms with Crippen molar-refractivity contribution in [2.24, 2.45) is 0 Å². The zero-order chi connectivity index (χ0) is 19.4. The van der Waals surface area contributed by atoms with Gasteiger partial charge in [-0.3, -0.25) is 9.36 Å². The summed E-state index contributed by atoms with van der Waals surface area (Å²) in [6.07, 6.45) is 1.65. The normalized spacial score (nSPS) is 10.6. The third-order valence-corrected chi connectivity index (χ3v) is 4.55. The number of amides is 1. The highest BCUT2D eigenvalue weighted by atomic mass is 32.1. The summed E-state index contributed by atoms with van der Waals surface area (Å²) in [5.41, 5.74) is 3.67. The smallest absolute Gasteiger partial charge is 0.272 e. The maximum Gasteiger partial charge on any atom is 0.272 e. The van der Waals surface area contributed by atoms with Crippen LogP contribution in [0.5, 0.6) is 5.75 Å². The molecule has 6 heteroatoms. The lowest BCUT2D eigenvalue weighted by molar-refractivity contribution is 0.0765. The second-order valence-corrected chi connectivity index (χ2v) is 6.94. The summed E-state index contributed by atoms with van der Waals surface area (Å²) >= 11 is 5.35. The van der Waals surface area contributed by atoms with Gasteiger partial charge in [-0.25, -0.2) is 0 Å². The number of H-pyrrole nitrogens is 1. The number of nitrogens with zero attached hydrogens (tertiary/aromatic N) is 2. The third kappa shape index (κ3) is 4.46. The fourth-order valence-corrected chi connectivity index (χ4v) is 3.24. The number of ether oxygens (including phenoxy) is 1. The van der Waals surface area contributed by atoms with E-state index in [9.17, 15) is 4.79 Å². The molecule has 1 amide bonds. The average Bonchev–Trinajstić information content (AvgIpc) is 3.02. The Balaban J connectivity index is 1.69. The first-order valence-electron chi connectivity index (χ1n) is 8.78. The number of nitrogens with one attached hydrogen (secondary N) is 1. The van der Waals surface area contributed by atoms with Gasteiger partial charge in [0.15, 0.2) is 4.77 Å². The molecule has 1 N–H and O–H groups in total. The number of benzene rings is 2. The van der Waals surface area contributed by atoms with E-state index < -0.39 is 0 Å². The number of aromatic amines is 1. The van der Waals surface area contributed by atoms with Gasteiger partial charge in [-0.15, -0.1) is 0 Å². The number of carbonyl (C=O) groups is 1. The van der Waals surface area contributed by atoms with Crippen LogP contribution in [-0.4, -0.2) is 40.6 Å². The largest absolute Gasteiger partial charge is 0.492 e. The van der Waals surface area contributed by atoms with Gasteiger partial charge in [0.2, 0.25) is 0 Å². The highest BCUT2D eigenvalue weighted by Gasteiger charge is 2.18. The van der Waals surface area contributed by atoms with Crippen molar-refractivity contribution in [3.63, 3.8) is 0 Å². The molecule has 0 atom stereocenters. The molecular weight excluding hydrogens is 358 g/mol. The first kappa shape index (κ1) is 18.9. The van der Waals surface area contributed by atoms with Gasteiger partial charge in [-0.2, -0.15) is 0 Å². The average molecular weight is 382 g/mol. The maximum atomic E-state index is 12.9. The van der Waals surface area contributed by atoms with Gasteiger partial charge >= 0.3 is 0 Å². The Morgan fingerprint density at radius 3 is 2.48 bits per heavy atom. The molecule has 3 rings (SSSR count). The van der Waals surface area contributed by atoms with Crippen LogP contribution in [0.15, 0.2) is 54.7 Å². The second kappa shape index (κ2) is 8.22. The fraction of sp³-hybridized carbons (Fsp3) is 0.238. The lowest BCUT2D eigenvalue weighted by Gasteiger charge is -2.18. The monoisotopic (exact) mass is 381 g/mol. The van der Waals surface area contributed by atoms with E-state index in [0.29, 0.717) is 23.6 Å². The van der Waals surface area contributed by atoms with Crippen LogP contribution in [0.2, 0.25) is 0 Å². The number of carbonyl (C=O) groups excluding carboxylic acids is 1. The molecule has 0 saturated heterocycles. The molecule has 1 aromatic heterocycles. The number of hydrogen-bond acceptors (Lipinski definition) is 3. The Labute approximate surface area is 164 Å². The molecule has 27 heavy (non-hydrogen) atoms. The summed E-state index contributed by atoms with van der Waals surface area (Å²) in [5, 5.41) is 0. The molecule has 0 spiro atoms. The van der Waals surface area contributed by atoms with Gasteiger partial charge in [-0.05, 0) is 61.5 Å². The van der Waals surface area contributed by atoms with Gasteiger partial charge in [-0.1, -0.05) is 24.3 Å². The molecule has 0 radical (unpaired) electrons. The fourth-order valence-electron chi connectivity index (χ4n) is 2.97. The second-order valence-electron chi connectivity index (χ2n) is 6.55. The highest BCUT2D eigenvalue weighted by molar-refractivity contribution is 7.71. The minimum absolute atomic E-state index is 0.116. The number of likely N-dealkylation sites (N-methyl/N-ethyl adjacent to an activating group) is 1. The lowest BCUT2D eigenvalue weighted by atomic mass is 10.1. The van der Waals surface area contributed by atoms with Crippen molar-refractivity contribution in [3.05, 3.63) is 76.3 Å². The highest BCUT2D eigenvalue weighted by Crippen LogP contribution is 2.17. The predicted molar refractivity (Wildman–Crippen MR) is 109 cm³/mol. The van der Waals surface area contributed by atoms with Crippen LogP contribution in [0.4, 0.5) is 0 Å². The van der Waals surface area contributed by atoms with Gasteiger partial charge in [0.05, 0.1) is 6.54 Å². The van der Waals surface area contributed by atoms with Crippen LogP contribution in [0.25, 0.3) is 5.69 Å². The van der Waals surface area contributed by atoms with Crippen molar-refractivity contribution in [2.75, 3.05) is 20.2 Å². The van der Waals surface area contributed by atoms with Crippen LogP contribution in [-0.2, 0) is 0 Å². The summed E-state index contributed by atoms with van der Waals surface area (Å²) in [4.78, 5) is 17.5. The van der Waals surface area contributed by atoms with E-state index in [1.54, 1.807) is 22.7 Å². The van der Waals surface area contributed by atoms with Gasteiger partial charge < -0.3 is 14.6 Å². The first-order chi connectivity index (χ1) is 13.0. The number of imidazole rings is 1.